The molecule has 128 valence electrons. The van der Waals surface area contributed by atoms with Gasteiger partial charge in [0.2, 0.25) is 0 Å². The van der Waals surface area contributed by atoms with Gasteiger partial charge in [0.1, 0.15) is 0 Å². The van der Waals surface area contributed by atoms with Crippen LogP contribution >= 0.6 is 34.5 Å². The average molecular weight is 404 g/mol. The van der Waals surface area contributed by atoms with Crippen LogP contribution in [0.5, 0.6) is 0 Å². The summed E-state index contributed by atoms with van der Waals surface area (Å²) in [6, 6.07) is 8.18. The van der Waals surface area contributed by atoms with Crippen molar-refractivity contribution in [3.63, 3.8) is 0 Å². The van der Waals surface area contributed by atoms with Crippen LogP contribution in [0.15, 0.2) is 35.7 Å². The number of halogens is 2. The number of thiophene rings is 1. The number of nitrogens with zero attached hydrogens (tertiary/aromatic N) is 1. The van der Waals surface area contributed by atoms with Gasteiger partial charge in [-0.15, -0.1) is 11.3 Å². The Labute approximate surface area is 154 Å². The summed E-state index contributed by atoms with van der Waals surface area (Å²) in [5.74, 6) is -0.143. The lowest BCUT2D eigenvalue weighted by Gasteiger charge is -2.28. The van der Waals surface area contributed by atoms with E-state index < -0.39 is 9.84 Å². The molecule has 4 nitrogen and oxygen atoms in total. The molecule has 0 bridgehead atoms. The van der Waals surface area contributed by atoms with Crippen molar-refractivity contribution in [2.24, 2.45) is 0 Å². The predicted molar refractivity (Wildman–Crippen MR) is 97.7 cm³/mol. The first-order valence-electron chi connectivity index (χ1n) is 7.34. The second kappa shape index (κ2) is 7.04. The quantitative estimate of drug-likeness (QED) is 0.777. The highest BCUT2D eigenvalue weighted by Gasteiger charge is 2.35. The molecule has 0 N–H and O–H groups in total. The van der Waals surface area contributed by atoms with Crippen molar-refractivity contribution in [3.05, 3.63) is 56.2 Å². The smallest absolute Gasteiger partial charge is 0.254 e. The molecule has 1 aliphatic heterocycles. The van der Waals surface area contributed by atoms with Crippen molar-refractivity contribution in [1.29, 1.82) is 0 Å². The molecule has 1 aromatic carbocycles. The minimum Gasteiger partial charge on any atom is -0.329 e. The lowest BCUT2D eigenvalue weighted by Crippen LogP contribution is -2.40. The van der Waals surface area contributed by atoms with E-state index in [9.17, 15) is 13.2 Å². The van der Waals surface area contributed by atoms with Gasteiger partial charge in [-0.25, -0.2) is 8.42 Å². The van der Waals surface area contributed by atoms with Gasteiger partial charge in [0.25, 0.3) is 5.91 Å². The van der Waals surface area contributed by atoms with Gasteiger partial charge >= 0.3 is 0 Å². The first-order chi connectivity index (χ1) is 11.3. The fourth-order valence-electron chi connectivity index (χ4n) is 2.80. The number of amides is 1. The van der Waals surface area contributed by atoms with Crippen molar-refractivity contribution < 1.29 is 13.2 Å². The Hall–Kier alpha value is -1.08. The van der Waals surface area contributed by atoms with E-state index in [1.165, 1.54) is 11.3 Å². The fraction of sp³-hybridized carbons (Fsp3) is 0.312. The van der Waals surface area contributed by atoms with E-state index in [0.717, 1.165) is 4.88 Å². The van der Waals surface area contributed by atoms with Crippen molar-refractivity contribution >= 4 is 50.3 Å². The van der Waals surface area contributed by atoms with Crippen molar-refractivity contribution in [2.75, 3.05) is 11.5 Å². The maximum absolute atomic E-state index is 13.0. The molecule has 1 amide bonds. The largest absolute Gasteiger partial charge is 0.329 e. The number of benzene rings is 1. The van der Waals surface area contributed by atoms with Crippen LogP contribution in [0.1, 0.15) is 21.7 Å². The van der Waals surface area contributed by atoms with Gasteiger partial charge in [0, 0.05) is 26.5 Å². The molecule has 0 spiro atoms. The van der Waals surface area contributed by atoms with E-state index in [1.807, 2.05) is 17.5 Å². The van der Waals surface area contributed by atoms with E-state index in [0.29, 0.717) is 28.6 Å². The zero-order chi connectivity index (χ0) is 17.3. The third-order valence-corrected chi connectivity index (χ3v) is 6.97. The van der Waals surface area contributed by atoms with Crippen molar-refractivity contribution in [3.8, 4) is 0 Å². The Morgan fingerprint density at radius 3 is 2.50 bits per heavy atom. The van der Waals surface area contributed by atoms with Crippen molar-refractivity contribution in [1.82, 2.24) is 4.90 Å². The molecule has 1 atom stereocenters. The summed E-state index contributed by atoms with van der Waals surface area (Å²) in [7, 11) is -3.09. The van der Waals surface area contributed by atoms with Gasteiger partial charge in [0.15, 0.2) is 9.84 Å². The molecule has 24 heavy (non-hydrogen) atoms. The second-order valence-electron chi connectivity index (χ2n) is 5.73. The van der Waals surface area contributed by atoms with Crippen LogP contribution in [0.2, 0.25) is 10.0 Å². The molecule has 0 saturated carbocycles. The number of hydrogen-bond acceptors (Lipinski definition) is 4. The maximum Gasteiger partial charge on any atom is 0.254 e. The summed E-state index contributed by atoms with van der Waals surface area (Å²) in [5.41, 5.74) is 0.369. The van der Waals surface area contributed by atoms with E-state index in [2.05, 4.69) is 0 Å². The highest BCUT2D eigenvalue weighted by Crippen LogP contribution is 2.26. The summed E-state index contributed by atoms with van der Waals surface area (Å²) in [5, 5.41) is 2.68. The van der Waals surface area contributed by atoms with E-state index in [1.54, 1.807) is 23.1 Å². The van der Waals surface area contributed by atoms with Crippen LogP contribution in [-0.4, -0.2) is 36.8 Å². The van der Waals surface area contributed by atoms with Crippen LogP contribution in [0.4, 0.5) is 0 Å². The monoisotopic (exact) mass is 403 g/mol. The molecule has 1 aromatic heterocycles. The Morgan fingerprint density at radius 2 is 1.96 bits per heavy atom. The van der Waals surface area contributed by atoms with Gasteiger partial charge in [-0.2, -0.15) is 0 Å². The van der Waals surface area contributed by atoms with E-state index in [-0.39, 0.29) is 23.5 Å². The second-order valence-corrected chi connectivity index (χ2v) is 9.86. The van der Waals surface area contributed by atoms with Gasteiger partial charge in [-0.05, 0) is 36.1 Å². The Balaban J connectivity index is 1.92. The van der Waals surface area contributed by atoms with Crippen LogP contribution in [0, 0.1) is 0 Å². The molecule has 0 unspecified atom stereocenters. The standard InChI is InChI=1S/C16H15Cl2NO3S2/c17-12-6-11(7-13(18)8-12)16(20)19(9-15-2-1-4-23-15)14-3-5-24(21,22)10-14/h1-2,4,6-8,14H,3,5,9-10H2/t14-/m0/s1. The highest BCUT2D eigenvalue weighted by molar-refractivity contribution is 7.91. The summed E-state index contributed by atoms with van der Waals surface area (Å²) in [4.78, 5) is 15.6. The predicted octanol–water partition coefficient (Wildman–Crippen LogP) is 3.88. The zero-order valence-electron chi connectivity index (χ0n) is 12.6. The van der Waals surface area contributed by atoms with Crippen LogP contribution < -0.4 is 0 Å². The zero-order valence-corrected chi connectivity index (χ0v) is 15.8. The van der Waals surface area contributed by atoms with Gasteiger partial charge in [-0.3, -0.25) is 4.79 Å². The highest BCUT2D eigenvalue weighted by atomic mass is 35.5. The lowest BCUT2D eigenvalue weighted by atomic mass is 10.1. The Kier molecular flexibility index (Phi) is 5.20. The van der Waals surface area contributed by atoms with Crippen molar-refractivity contribution in [2.45, 2.75) is 19.0 Å². The first kappa shape index (κ1) is 17.7. The van der Waals surface area contributed by atoms with Gasteiger partial charge in [-0.1, -0.05) is 29.3 Å². The molecule has 1 aliphatic rings. The van der Waals surface area contributed by atoms with E-state index in [4.69, 9.17) is 23.2 Å². The molecule has 1 fully saturated rings. The summed E-state index contributed by atoms with van der Waals surface area (Å²) >= 11 is 13.5. The topological polar surface area (TPSA) is 54.5 Å². The first-order valence-corrected chi connectivity index (χ1v) is 10.8. The summed E-state index contributed by atoms with van der Waals surface area (Å²) in [6.07, 6.45) is 0.452. The SMILES string of the molecule is O=C(c1cc(Cl)cc(Cl)c1)N(Cc1cccs1)[C@H]1CCS(=O)(=O)C1. The lowest BCUT2D eigenvalue weighted by molar-refractivity contribution is 0.0683. The number of sulfone groups is 1. The molecule has 3 rings (SSSR count). The van der Waals surface area contributed by atoms with Gasteiger partial charge < -0.3 is 4.90 Å². The molecule has 2 heterocycles. The summed E-state index contributed by atoms with van der Waals surface area (Å²) in [6.45, 7) is 0.376. The third kappa shape index (κ3) is 4.11. The Bertz CT molecular complexity index is 830. The molecule has 0 radical (unpaired) electrons. The molecular formula is C16H15Cl2NO3S2. The Morgan fingerprint density at radius 1 is 1.25 bits per heavy atom. The third-order valence-electron chi connectivity index (χ3n) is 3.93. The van der Waals surface area contributed by atoms with Gasteiger partial charge in [0.05, 0.1) is 18.1 Å². The minimum atomic E-state index is -3.09. The molecule has 1 saturated heterocycles. The van der Waals surface area contributed by atoms with Crippen LogP contribution in [0.25, 0.3) is 0 Å². The molecular weight excluding hydrogens is 389 g/mol. The average Bonchev–Trinajstić information content (AvgIpc) is 3.12. The minimum absolute atomic E-state index is 0.00157. The molecule has 0 aliphatic carbocycles. The molecule has 2 aromatic rings. The number of carbonyl (C=O) groups is 1. The summed E-state index contributed by atoms with van der Waals surface area (Å²) < 4.78 is 23.7. The maximum atomic E-state index is 13.0. The van der Waals surface area contributed by atoms with Crippen LogP contribution in [-0.2, 0) is 16.4 Å². The van der Waals surface area contributed by atoms with E-state index >= 15 is 0 Å². The fourth-order valence-corrected chi connectivity index (χ4v) is 5.76. The normalized spacial score (nSPS) is 19.3. The number of hydrogen-bond donors (Lipinski definition) is 0. The number of rotatable bonds is 4. The van der Waals surface area contributed by atoms with Crippen LogP contribution in [0.3, 0.4) is 0 Å². The molecule has 8 heteroatoms. The number of carbonyl (C=O) groups excluding carboxylic acids is 1.